The van der Waals surface area contributed by atoms with Crippen molar-refractivity contribution in [3.63, 3.8) is 0 Å². The molecule has 1 aliphatic heterocycles. The Morgan fingerprint density at radius 2 is 2.12 bits per heavy atom. The van der Waals surface area contributed by atoms with Gasteiger partial charge < -0.3 is 10.0 Å². The Balaban J connectivity index is 2.10. The summed E-state index contributed by atoms with van der Waals surface area (Å²) in [5.41, 5.74) is 1.07. The Hall–Kier alpha value is -1.53. The van der Waals surface area contributed by atoms with Crippen LogP contribution in [0.1, 0.15) is 25.3 Å². The lowest BCUT2D eigenvalue weighted by molar-refractivity contribution is 0.00338. The van der Waals surface area contributed by atoms with E-state index < -0.39 is 5.60 Å². The fraction of sp³-hybridized carbons (Fsp3) is 0.462. The highest BCUT2D eigenvalue weighted by atomic mass is 16.3. The van der Waals surface area contributed by atoms with E-state index >= 15 is 0 Å². The predicted octanol–water partition coefficient (Wildman–Crippen LogP) is 1.91. The van der Waals surface area contributed by atoms with Crippen molar-refractivity contribution in [3.8, 4) is 6.07 Å². The number of benzene rings is 1. The van der Waals surface area contributed by atoms with E-state index in [0.29, 0.717) is 18.7 Å². The normalized spacial score (nSPS) is 17.7. The number of β-amino-alcohol motifs (C(OH)–C–C–N with tert-alkyl or cyclic N) is 1. The van der Waals surface area contributed by atoms with E-state index in [4.69, 9.17) is 5.26 Å². The maximum absolute atomic E-state index is 10.1. The van der Waals surface area contributed by atoms with E-state index in [2.05, 4.69) is 17.9 Å². The Morgan fingerprint density at radius 1 is 1.44 bits per heavy atom. The average molecular weight is 216 g/mol. The molecule has 84 valence electrons. The highest BCUT2D eigenvalue weighted by Gasteiger charge is 2.40. The zero-order valence-electron chi connectivity index (χ0n) is 9.48. The summed E-state index contributed by atoms with van der Waals surface area (Å²) in [7, 11) is 0. The smallest absolute Gasteiger partial charge is 0.101 e. The van der Waals surface area contributed by atoms with Gasteiger partial charge in [-0.05, 0) is 18.6 Å². The van der Waals surface area contributed by atoms with E-state index in [1.54, 1.807) is 0 Å². The Morgan fingerprint density at radius 3 is 2.75 bits per heavy atom. The maximum Gasteiger partial charge on any atom is 0.101 e. The van der Waals surface area contributed by atoms with Gasteiger partial charge in [0.2, 0.25) is 0 Å². The first-order chi connectivity index (χ1) is 7.68. The molecule has 1 N–H and O–H groups in total. The van der Waals surface area contributed by atoms with Gasteiger partial charge in [-0.25, -0.2) is 0 Å². The standard InChI is InChI=1S/C13H16N2O/c1-2-7-13(16)9-15(10-13)12-6-4-3-5-11(12)8-14/h3-6,16H,2,7,9-10H2,1H3. The third-order valence-corrected chi connectivity index (χ3v) is 3.05. The molecule has 1 aliphatic rings. The van der Waals surface area contributed by atoms with Gasteiger partial charge in [0.05, 0.1) is 16.9 Å². The van der Waals surface area contributed by atoms with Crippen LogP contribution in [0.2, 0.25) is 0 Å². The van der Waals surface area contributed by atoms with Gasteiger partial charge in [-0.1, -0.05) is 25.5 Å². The van der Waals surface area contributed by atoms with Gasteiger partial charge in [0.15, 0.2) is 0 Å². The van der Waals surface area contributed by atoms with Crippen LogP contribution in [0.15, 0.2) is 24.3 Å². The van der Waals surface area contributed by atoms with Crippen molar-refractivity contribution in [2.45, 2.75) is 25.4 Å². The molecule has 1 saturated heterocycles. The molecule has 1 aromatic carbocycles. The average Bonchev–Trinajstić information content (AvgIpc) is 2.26. The molecule has 2 rings (SSSR count). The summed E-state index contributed by atoms with van der Waals surface area (Å²) in [5, 5.41) is 19.1. The highest BCUT2D eigenvalue weighted by molar-refractivity contribution is 5.61. The van der Waals surface area contributed by atoms with Crippen LogP contribution in [0.4, 0.5) is 5.69 Å². The fourth-order valence-corrected chi connectivity index (χ4v) is 2.30. The third-order valence-electron chi connectivity index (χ3n) is 3.05. The minimum Gasteiger partial charge on any atom is -0.386 e. The van der Waals surface area contributed by atoms with Crippen molar-refractivity contribution in [2.24, 2.45) is 0 Å². The van der Waals surface area contributed by atoms with Crippen LogP contribution in [-0.4, -0.2) is 23.8 Å². The lowest BCUT2D eigenvalue weighted by Gasteiger charge is -2.48. The number of rotatable bonds is 3. The van der Waals surface area contributed by atoms with E-state index in [-0.39, 0.29) is 0 Å². The van der Waals surface area contributed by atoms with E-state index in [1.165, 1.54) is 0 Å². The molecule has 0 amide bonds. The summed E-state index contributed by atoms with van der Waals surface area (Å²) >= 11 is 0. The summed E-state index contributed by atoms with van der Waals surface area (Å²) in [6, 6.07) is 9.71. The lowest BCUT2D eigenvalue weighted by Crippen LogP contribution is -2.62. The summed E-state index contributed by atoms with van der Waals surface area (Å²) in [6.45, 7) is 3.35. The molecule has 3 heteroatoms. The first-order valence-electron chi connectivity index (χ1n) is 5.65. The molecule has 0 atom stereocenters. The van der Waals surface area contributed by atoms with Crippen molar-refractivity contribution in [2.75, 3.05) is 18.0 Å². The molecule has 1 heterocycles. The van der Waals surface area contributed by atoms with Crippen molar-refractivity contribution in [1.82, 2.24) is 0 Å². The number of hydrogen-bond donors (Lipinski definition) is 1. The molecule has 0 spiro atoms. The molecular weight excluding hydrogens is 200 g/mol. The second kappa shape index (κ2) is 4.15. The van der Waals surface area contributed by atoms with Crippen LogP contribution in [0.5, 0.6) is 0 Å². The topological polar surface area (TPSA) is 47.3 Å². The number of hydrogen-bond acceptors (Lipinski definition) is 3. The summed E-state index contributed by atoms with van der Waals surface area (Å²) in [4.78, 5) is 2.06. The number of anilines is 1. The largest absolute Gasteiger partial charge is 0.386 e. The number of nitrogens with zero attached hydrogens (tertiary/aromatic N) is 2. The van der Waals surface area contributed by atoms with Crippen molar-refractivity contribution in [3.05, 3.63) is 29.8 Å². The van der Waals surface area contributed by atoms with Crippen molar-refractivity contribution < 1.29 is 5.11 Å². The minimum atomic E-state index is -0.544. The van der Waals surface area contributed by atoms with Crippen LogP contribution in [0.3, 0.4) is 0 Å². The van der Waals surface area contributed by atoms with Gasteiger partial charge in [0.25, 0.3) is 0 Å². The molecule has 3 nitrogen and oxygen atoms in total. The lowest BCUT2D eigenvalue weighted by atomic mass is 9.88. The molecule has 16 heavy (non-hydrogen) atoms. The molecule has 1 aromatic rings. The summed E-state index contributed by atoms with van der Waals surface area (Å²) < 4.78 is 0. The van der Waals surface area contributed by atoms with Crippen LogP contribution >= 0.6 is 0 Å². The van der Waals surface area contributed by atoms with E-state index in [1.807, 2.05) is 24.3 Å². The minimum absolute atomic E-state index is 0.544. The van der Waals surface area contributed by atoms with Crippen molar-refractivity contribution >= 4 is 5.69 Å². The predicted molar refractivity (Wildman–Crippen MR) is 63.2 cm³/mol. The monoisotopic (exact) mass is 216 g/mol. The molecule has 1 fully saturated rings. The van der Waals surface area contributed by atoms with Crippen LogP contribution in [-0.2, 0) is 0 Å². The van der Waals surface area contributed by atoms with E-state index in [9.17, 15) is 5.11 Å². The van der Waals surface area contributed by atoms with E-state index in [0.717, 1.165) is 18.5 Å². The quantitative estimate of drug-likeness (QED) is 0.839. The number of para-hydroxylation sites is 1. The number of nitriles is 1. The SMILES string of the molecule is CCCC1(O)CN(c2ccccc2C#N)C1. The van der Waals surface area contributed by atoms with Gasteiger partial charge in [-0.2, -0.15) is 5.26 Å². The first kappa shape index (κ1) is 11.0. The zero-order valence-corrected chi connectivity index (χ0v) is 9.48. The molecule has 0 aliphatic carbocycles. The summed E-state index contributed by atoms with van der Waals surface area (Å²) in [6.07, 6.45) is 1.82. The number of aliphatic hydroxyl groups is 1. The summed E-state index contributed by atoms with van der Waals surface area (Å²) in [5.74, 6) is 0. The first-order valence-corrected chi connectivity index (χ1v) is 5.65. The molecule has 0 bridgehead atoms. The molecule has 0 saturated carbocycles. The van der Waals surface area contributed by atoms with Gasteiger partial charge >= 0.3 is 0 Å². The fourth-order valence-electron chi connectivity index (χ4n) is 2.30. The van der Waals surface area contributed by atoms with Gasteiger partial charge in [0.1, 0.15) is 6.07 Å². The second-order valence-corrected chi connectivity index (χ2v) is 4.46. The van der Waals surface area contributed by atoms with Gasteiger partial charge in [-0.15, -0.1) is 0 Å². The molecule has 0 aromatic heterocycles. The highest BCUT2D eigenvalue weighted by Crippen LogP contribution is 2.32. The van der Waals surface area contributed by atoms with Gasteiger partial charge in [-0.3, -0.25) is 0 Å². The zero-order chi connectivity index (χ0) is 11.6. The molecular formula is C13H16N2O. The van der Waals surface area contributed by atoms with Crippen molar-refractivity contribution in [1.29, 1.82) is 5.26 Å². The van der Waals surface area contributed by atoms with Crippen LogP contribution in [0.25, 0.3) is 0 Å². The second-order valence-electron chi connectivity index (χ2n) is 4.46. The van der Waals surface area contributed by atoms with Crippen LogP contribution < -0.4 is 4.90 Å². The van der Waals surface area contributed by atoms with Gasteiger partial charge in [0, 0.05) is 13.1 Å². The Kier molecular flexibility index (Phi) is 2.84. The molecule has 0 radical (unpaired) electrons. The molecule has 0 unspecified atom stereocenters. The Bertz CT molecular complexity index is 416. The Labute approximate surface area is 95.9 Å². The third kappa shape index (κ3) is 1.89. The maximum atomic E-state index is 10.1. The van der Waals surface area contributed by atoms with Crippen LogP contribution in [0, 0.1) is 11.3 Å².